The fourth-order valence-corrected chi connectivity index (χ4v) is 2.27. The number of hydrogen-bond acceptors (Lipinski definition) is 3. The zero-order chi connectivity index (χ0) is 15.4. The molecule has 1 aliphatic heterocycles. The van der Waals surface area contributed by atoms with E-state index in [0.717, 1.165) is 0 Å². The van der Waals surface area contributed by atoms with Gasteiger partial charge in [0.25, 0.3) is 5.91 Å². The van der Waals surface area contributed by atoms with E-state index in [0.29, 0.717) is 0 Å². The second-order valence-electron chi connectivity index (χ2n) is 4.74. The Bertz CT molecular complexity index is 535. The molecule has 21 heavy (non-hydrogen) atoms. The molecule has 1 aliphatic rings. The Balaban J connectivity index is 2.20. The summed E-state index contributed by atoms with van der Waals surface area (Å²) < 4.78 is 30.3. The molecule has 5 nitrogen and oxygen atoms in total. The molecule has 0 saturated carbocycles. The molecule has 7 heteroatoms. The number of carboxylic acid groups (broad SMARTS) is 1. The van der Waals surface area contributed by atoms with Gasteiger partial charge in [-0.3, -0.25) is 4.79 Å². The molecule has 1 heterocycles. The van der Waals surface area contributed by atoms with Gasteiger partial charge in [0.2, 0.25) is 6.43 Å². The number of morpholine rings is 1. The van der Waals surface area contributed by atoms with Crippen molar-refractivity contribution in [1.82, 2.24) is 4.90 Å². The quantitative estimate of drug-likeness (QED) is 0.922. The minimum absolute atomic E-state index is 0.0143. The van der Waals surface area contributed by atoms with Crippen LogP contribution >= 0.6 is 0 Å². The number of carboxylic acids is 1. The number of carbonyl (C=O) groups is 2. The number of hydrogen-bond donors (Lipinski definition) is 1. The largest absolute Gasteiger partial charge is 0.478 e. The van der Waals surface area contributed by atoms with Gasteiger partial charge in [0.05, 0.1) is 24.8 Å². The Morgan fingerprint density at radius 2 is 2.10 bits per heavy atom. The lowest BCUT2D eigenvalue weighted by atomic mass is 10.1. The summed E-state index contributed by atoms with van der Waals surface area (Å²) in [5, 5.41) is 8.93. The molecule has 0 aromatic heterocycles. The van der Waals surface area contributed by atoms with Gasteiger partial charge in [-0.25, -0.2) is 13.6 Å². The number of halogens is 2. The van der Waals surface area contributed by atoms with Crippen molar-refractivity contribution in [3.8, 4) is 0 Å². The molecule has 0 aliphatic carbocycles. The van der Waals surface area contributed by atoms with Crippen LogP contribution in [0, 0.1) is 0 Å². The van der Waals surface area contributed by atoms with Crippen molar-refractivity contribution in [2.45, 2.75) is 18.9 Å². The van der Waals surface area contributed by atoms with Crippen LogP contribution in [-0.4, -0.2) is 54.1 Å². The van der Waals surface area contributed by atoms with Gasteiger partial charge in [-0.1, -0.05) is 6.07 Å². The number of rotatable bonds is 4. The van der Waals surface area contributed by atoms with Gasteiger partial charge in [-0.15, -0.1) is 0 Å². The number of aromatic carboxylic acids is 1. The van der Waals surface area contributed by atoms with Crippen LogP contribution in [0.3, 0.4) is 0 Å². The summed E-state index contributed by atoms with van der Waals surface area (Å²) in [5.74, 6) is -1.59. The van der Waals surface area contributed by atoms with Crippen molar-refractivity contribution >= 4 is 11.9 Å². The normalized spacial score (nSPS) is 18.8. The van der Waals surface area contributed by atoms with Crippen molar-refractivity contribution in [3.05, 3.63) is 35.4 Å². The van der Waals surface area contributed by atoms with Crippen molar-refractivity contribution in [3.63, 3.8) is 0 Å². The first kappa shape index (κ1) is 15.4. The Labute approximate surface area is 120 Å². The van der Waals surface area contributed by atoms with Crippen molar-refractivity contribution < 1.29 is 28.2 Å². The molecule has 1 N–H and O–H groups in total. The van der Waals surface area contributed by atoms with Crippen LogP contribution in [0.2, 0.25) is 0 Å². The zero-order valence-electron chi connectivity index (χ0n) is 11.2. The molecule has 1 aromatic carbocycles. The van der Waals surface area contributed by atoms with Crippen LogP contribution in [-0.2, 0) is 4.74 Å². The standard InChI is InChI=1S/C14H15F2NO4/c15-12(16)7-11-8-21-5-4-17(11)13(18)9-2-1-3-10(6-9)14(19)20/h1-3,6,11-12H,4-5,7-8H2,(H,19,20). The highest BCUT2D eigenvalue weighted by Crippen LogP contribution is 2.18. The summed E-state index contributed by atoms with van der Waals surface area (Å²) in [6, 6.07) is 4.86. The predicted octanol–water partition coefficient (Wildman–Crippen LogP) is 1.88. The van der Waals surface area contributed by atoms with E-state index in [1.165, 1.54) is 29.2 Å². The van der Waals surface area contributed by atoms with Gasteiger partial charge in [0.15, 0.2) is 0 Å². The van der Waals surface area contributed by atoms with E-state index in [1.807, 2.05) is 0 Å². The monoisotopic (exact) mass is 299 g/mol. The average molecular weight is 299 g/mol. The first-order valence-electron chi connectivity index (χ1n) is 6.49. The molecule has 0 radical (unpaired) electrons. The molecule has 1 unspecified atom stereocenters. The number of nitrogens with zero attached hydrogens (tertiary/aromatic N) is 1. The second kappa shape index (κ2) is 6.62. The van der Waals surface area contributed by atoms with E-state index in [2.05, 4.69) is 0 Å². The summed E-state index contributed by atoms with van der Waals surface area (Å²) in [7, 11) is 0. The van der Waals surface area contributed by atoms with Gasteiger partial charge in [0, 0.05) is 18.5 Å². The second-order valence-corrected chi connectivity index (χ2v) is 4.74. The summed E-state index contributed by atoms with van der Waals surface area (Å²) in [4.78, 5) is 24.6. The minimum atomic E-state index is -2.53. The molecule has 1 amide bonds. The fraction of sp³-hybridized carbons (Fsp3) is 0.429. The molecule has 1 atom stereocenters. The molecule has 1 saturated heterocycles. The van der Waals surface area contributed by atoms with Crippen LogP contribution in [0.25, 0.3) is 0 Å². The summed E-state index contributed by atoms with van der Waals surface area (Å²) >= 11 is 0. The summed E-state index contributed by atoms with van der Waals surface area (Å²) in [6.45, 7) is 0.562. The van der Waals surface area contributed by atoms with Gasteiger partial charge in [0.1, 0.15) is 0 Å². The maximum absolute atomic E-state index is 12.6. The topological polar surface area (TPSA) is 66.8 Å². The lowest BCUT2D eigenvalue weighted by molar-refractivity contribution is -0.0216. The van der Waals surface area contributed by atoms with Crippen LogP contribution in [0.15, 0.2) is 24.3 Å². The molecule has 0 spiro atoms. The molecule has 0 bridgehead atoms. The third-order valence-electron chi connectivity index (χ3n) is 3.30. The smallest absolute Gasteiger partial charge is 0.335 e. The van der Waals surface area contributed by atoms with Crippen LogP contribution in [0.5, 0.6) is 0 Å². The predicted molar refractivity (Wildman–Crippen MR) is 69.7 cm³/mol. The highest BCUT2D eigenvalue weighted by Gasteiger charge is 2.30. The number of alkyl halides is 2. The lowest BCUT2D eigenvalue weighted by Gasteiger charge is -2.35. The molecule has 1 aromatic rings. The first-order valence-corrected chi connectivity index (χ1v) is 6.49. The zero-order valence-corrected chi connectivity index (χ0v) is 11.2. The van der Waals surface area contributed by atoms with Gasteiger partial charge >= 0.3 is 5.97 Å². The molecular formula is C14H15F2NO4. The number of ether oxygens (including phenoxy) is 1. The van der Waals surface area contributed by atoms with Crippen LogP contribution < -0.4 is 0 Å². The maximum Gasteiger partial charge on any atom is 0.335 e. The number of amides is 1. The highest BCUT2D eigenvalue weighted by atomic mass is 19.3. The minimum Gasteiger partial charge on any atom is -0.478 e. The van der Waals surface area contributed by atoms with Crippen molar-refractivity contribution in [2.75, 3.05) is 19.8 Å². The lowest BCUT2D eigenvalue weighted by Crippen LogP contribution is -2.49. The van der Waals surface area contributed by atoms with Crippen molar-refractivity contribution in [1.29, 1.82) is 0 Å². The maximum atomic E-state index is 12.6. The van der Waals surface area contributed by atoms with Gasteiger partial charge in [-0.05, 0) is 18.2 Å². The van der Waals surface area contributed by atoms with E-state index in [9.17, 15) is 18.4 Å². The van der Waals surface area contributed by atoms with Crippen LogP contribution in [0.4, 0.5) is 8.78 Å². The van der Waals surface area contributed by atoms with E-state index >= 15 is 0 Å². The third kappa shape index (κ3) is 3.75. The number of benzene rings is 1. The third-order valence-corrected chi connectivity index (χ3v) is 3.30. The average Bonchev–Trinajstić information content (AvgIpc) is 2.46. The Kier molecular flexibility index (Phi) is 4.85. The molecule has 114 valence electrons. The van der Waals surface area contributed by atoms with E-state index in [1.54, 1.807) is 0 Å². The van der Waals surface area contributed by atoms with Gasteiger partial charge < -0.3 is 14.7 Å². The van der Waals surface area contributed by atoms with E-state index in [4.69, 9.17) is 9.84 Å². The molecule has 2 rings (SSSR count). The molecule has 1 fully saturated rings. The Hall–Kier alpha value is -2.02. The Morgan fingerprint density at radius 1 is 1.38 bits per heavy atom. The SMILES string of the molecule is O=C(O)c1cccc(C(=O)N2CCOCC2CC(F)F)c1. The summed E-state index contributed by atoms with van der Waals surface area (Å²) in [6.07, 6.45) is -2.98. The Morgan fingerprint density at radius 3 is 2.76 bits per heavy atom. The van der Waals surface area contributed by atoms with E-state index < -0.39 is 30.8 Å². The van der Waals surface area contributed by atoms with E-state index in [-0.39, 0.29) is 30.9 Å². The summed E-state index contributed by atoms with van der Waals surface area (Å²) in [5.41, 5.74) is 0.163. The van der Waals surface area contributed by atoms with Crippen molar-refractivity contribution in [2.24, 2.45) is 0 Å². The molecular weight excluding hydrogens is 284 g/mol. The van der Waals surface area contributed by atoms with Crippen LogP contribution in [0.1, 0.15) is 27.1 Å². The van der Waals surface area contributed by atoms with Gasteiger partial charge in [-0.2, -0.15) is 0 Å². The highest BCUT2D eigenvalue weighted by molar-refractivity contribution is 5.97. The fourth-order valence-electron chi connectivity index (χ4n) is 2.27. The first-order chi connectivity index (χ1) is 9.99. The number of carbonyl (C=O) groups excluding carboxylic acids is 1.